The van der Waals surface area contributed by atoms with Gasteiger partial charge in [-0.2, -0.15) is 23.4 Å². The number of carbonyl (C=O) groups excluding carboxylic acids is 1. The molecule has 2 aromatic heterocycles. The molecule has 0 aliphatic rings. The van der Waals surface area contributed by atoms with E-state index in [-0.39, 0.29) is 28.9 Å². The van der Waals surface area contributed by atoms with Gasteiger partial charge in [-0.05, 0) is 43.7 Å². The van der Waals surface area contributed by atoms with Crippen molar-refractivity contribution in [3.8, 4) is 5.69 Å². The highest BCUT2D eigenvalue weighted by Gasteiger charge is 2.34. The van der Waals surface area contributed by atoms with Gasteiger partial charge in [-0.3, -0.25) is 9.59 Å². The Kier molecular flexibility index (Phi) is 5.29. The topological polar surface area (TPSA) is 92.7 Å². The Labute approximate surface area is 179 Å². The average molecular weight is 441 g/mol. The number of carbonyl (C=O) groups is 1. The van der Waals surface area contributed by atoms with Gasteiger partial charge in [-0.1, -0.05) is 24.3 Å². The molecule has 7 nitrogen and oxygen atoms in total. The Hall–Kier alpha value is -3.95. The Morgan fingerprint density at radius 1 is 1.09 bits per heavy atom. The number of H-pyrrole nitrogens is 1. The van der Waals surface area contributed by atoms with Crippen molar-refractivity contribution in [2.45, 2.75) is 26.6 Å². The molecule has 0 radical (unpaired) electrons. The van der Waals surface area contributed by atoms with Gasteiger partial charge in [0, 0.05) is 17.6 Å². The molecule has 0 bridgehead atoms. The predicted molar refractivity (Wildman–Crippen MR) is 112 cm³/mol. The van der Waals surface area contributed by atoms with Gasteiger partial charge < -0.3 is 5.32 Å². The van der Waals surface area contributed by atoms with E-state index in [1.807, 2.05) is 0 Å². The summed E-state index contributed by atoms with van der Waals surface area (Å²) in [4.78, 5) is 24.5. The second-order valence-corrected chi connectivity index (χ2v) is 7.31. The zero-order valence-corrected chi connectivity index (χ0v) is 17.1. The number of aryl methyl sites for hydroxylation is 2. The van der Waals surface area contributed by atoms with Gasteiger partial charge in [0.1, 0.15) is 0 Å². The summed E-state index contributed by atoms with van der Waals surface area (Å²) in [6, 6.07) is 12.0. The van der Waals surface area contributed by atoms with Crippen LogP contribution < -0.4 is 10.9 Å². The SMILES string of the molecule is Cc1cc(C)n(-c2ccc(CNC(=O)c3n[nH]c(=O)c4ccccc34)c(C(F)(F)F)c2)n1. The molecule has 0 spiro atoms. The maximum atomic E-state index is 13.8. The molecule has 10 heteroatoms. The van der Waals surface area contributed by atoms with Crippen LogP contribution in [-0.2, 0) is 12.7 Å². The number of rotatable bonds is 4. The molecule has 1 amide bonds. The smallest absolute Gasteiger partial charge is 0.347 e. The van der Waals surface area contributed by atoms with Gasteiger partial charge >= 0.3 is 6.18 Å². The molecule has 0 unspecified atom stereocenters. The van der Waals surface area contributed by atoms with Crippen molar-refractivity contribution in [2.75, 3.05) is 0 Å². The van der Waals surface area contributed by atoms with E-state index < -0.39 is 23.2 Å². The monoisotopic (exact) mass is 441 g/mol. The zero-order valence-electron chi connectivity index (χ0n) is 17.1. The fourth-order valence-electron chi connectivity index (χ4n) is 3.55. The second-order valence-electron chi connectivity index (χ2n) is 7.31. The lowest BCUT2D eigenvalue weighted by atomic mass is 10.1. The highest BCUT2D eigenvalue weighted by molar-refractivity contribution is 6.04. The van der Waals surface area contributed by atoms with Crippen molar-refractivity contribution in [3.05, 3.63) is 87.1 Å². The quantitative estimate of drug-likeness (QED) is 0.505. The maximum Gasteiger partial charge on any atom is 0.416 e. The number of benzene rings is 2. The number of aromatic nitrogens is 4. The predicted octanol–water partition coefficient (Wildman–Crippen LogP) is 3.67. The highest BCUT2D eigenvalue weighted by Crippen LogP contribution is 2.33. The summed E-state index contributed by atoms with van der Waals surface area (Å²) in [6.45, 7) is 3.13. The first-order chi connectivity index (χ1) is 15.1. The molecule has 0 aliphatic heterocycles. The summed E-state index contributed by atoms with van der Waals surface area (Å²) < 4.78 is 42.7. The van der Waals surface area contributed by atoms with Gasteiger partial charge in [0.15, 0.2) is 5.69 Å². The fourth-order valence-corrected chi connectivity index (χ4v) is 3.55. The molecule has 2 heterocycles. The number of hydrogen-bond acceptors (Lipinski definition) is 4. The lowest BCUT2D eigenvalue weighted by molar-refractivity contribution is -0.138. The summed E-state index contributed by atoms with van der Waals surface area (Å²) in [5.41, 5.74) is 0.142. The third-order valence-electron chi connectivity index (χ3n) is 5.00. The molecule has 2 aromatic carbocycles. The van der Waals surface area contributed by atoms with Gasteiger partial charge in [-0.15, -0.1) is 0 Å². The first-order valence-electron chi connectivity index (χ1n) is 9.64. The number of fused-ring (bicyclic) bond motifs is 1. The molecule has 0 atom stereocenters. The minimum absolute atomic E-state index is 0.0759. The number of nitrogens with one attached hydrogen (secondary N) is 2. The highest BCUT2D eigenvalue weighted by atomic mass is 19.4. The van der Waals surface area contributed by atoms with Crippen molar-refractivity contribution in [2.24, 2.45) is 0 Å². The summed E-state index contributed by atoms with van der Waals surface area (Å²) >= 11 is 0. The number of alkyl halides is 3. The third-order valence-corrected chi connectivity index (χ3v) is 5.00. The molecule has 0 fully saturated rings. The molecular weight excluding hydrogens is 423 g/mol. The van der Waals surface area contributed by atoms with E-state index in [1.165, 1.54) is 22.9 Å². The molecule has 0 saturated carbocycles. The van der Waals surface area contributed by atoms with Crippen LogP contribution >= 0.6 is 0 Å². The van der Waals surface area contributed by atoms with E-state index in [0.717, 1.165) is 6.07 Å². The van der Waals surface area contributed by atoms with Crippen LogP contribution in [0.3, 0.4) is 0 Å². The summed E-state index contributed by atoms with van der Waals surface area (Å²) in [5.74, 6) is -0.701. The van der Waals surface area contributed by atoms with E-state index in [1.54, 1.807) is 38.1 Å². The van der Waals surface area contributed by atoms with Crippen LogP contribution in [0.15, 0.2) is 53.3 Å². The van der Waals surface area contributed by atoms with Crippen LogP contribution in [0, 0.1) is 13.8 Å². The van der Waals surface area contributed by atoms with Crippen molar-refractivity contribution in [3.63, 3.8) is 0 Å². The first-order valence-corrected chi connectivity index (χ1v) is 9.64. The van der Waals surface area contributed by atoms with Crippen LogP contribution in [0.1, 0.15) is 33.0 Å². The molecule has 32 heavy (non-hydrogen) atoms. The largest absolute Gasteiger partial charge is 0.416 e. The molecule has 4 aromatic rings. The third kappa shape index (κ3) is 3.98. The van der Waals surface area contributed by atoms with Crippen LogP contribution in [0.4, 0.5) is 13.2 Å². The number of nitrogens with zero attached hydrogens (tertiary/aromatic N) is 3. The van der Waals surface area contributed by atoms with E-state index in [9.17, 15) is 22.8 Å². The number of hydrogen-bond donors (Lipinski definition) is 2. The van der Waals surface area contributed by atoms with E-state index in [4.69, 9.17) is 0 Å². The molecule has 0 saturated heterocycles. The molecule has 4 rings (SSSR count). The number of halogens is 3. The van der Waals surface area contributed by atoms with Gasteiger partial charge in [-0.25, -0.2) is 9.78 Å². The van der Waals surface area contributed by atoms with Crippen molar-refractivity contribution in [1.29, 1.82) is 0 Å². The second kappa shape index (κ2) is 7.95. The van der Waals surface area contributed by atoms with Gasteiger partial charge in [0.25, 0.3) is 11.5 Å². The van der Waals surface area contributed by atoms with Crippen molar-refractivity contribution >= 4 is 16.7 Å². The summed E-state index contributed by atoms with van der Waals surface area (Å²) in [6.07, 6.45) is -4.63. The van der Waals surface area contributed by atoms with Crippen molar-refractivity contribution < 1.29 is 18.0 Å². The lowest BCUT2D eigenvalue weighted by Crippen LogP contribution is -2.27. The Morgan fingerprint density at radius 3 is 2.47 bits per heavy atom. The van der Waals surface area contributed by atoms with Crippen molar-refractivity contribution in [1.82, 2.24) is 25.3 Å². The van der Waals surface area contributed by atoms with E-state index >= 15 is 0 Å². The van der Waals surface area contributed by atoms with E-state index in [0.29, 0.717) is 16.8 Å². The molecule has 164 valence electrons. The zero-order chi connectivity index (χ0) is 23.0. The average Bonchev–Trinajstić information content (AvgIpc) is 3.09. The normalized spacial score (nSPS) is 11.7. The van der Waals surface area contributed by atoms with Gasteiger partial charge in [0.2, 0.25) is 0 Å². The van der Waals surface area contributed by atoms with Crippen LogP contribution in [-0.4, -0.2) is 25.9 Å². The Bertz CT molecular complexity index is 1390. The summed E-state index contributed by atoms with van der Waals surface area (Å²) in [5, 5.41) is 13.3. The van der Waals surface area contributed by atoms with E-state index in [2.05, 4.69) is 20.6 Å². The first kappa shape index (κ1) is 21.3. The van der Waals surface area contributed by atoms with Crippen LogP contribution in [0.2, 0.25) is 0 Å². The maximum absolute atomic E-state index is 13.8. The lowest BCUT2D eigenvalue weighted by Gasteiger charge is -2.16. The molecule has 2 N–H and O–H groups in total. The summed E-state index contributed by atoms with van der Waals surface area (Å²) in [7, 11) is 0. The van der Waals surface area contributed by atoms with Crippen LogP contribution in [0.25, 0.3) is 16.5 Å². The minimum atomic E-state index is -4.63. The molecule has 0 aliphatic carbocycles. The Balaban J connectivity index is 1.65. The number of amides is 1. The Morgan fingerprint density at radius 2 is 1.81 bits per heavy atom. The molecular formula is C22H18F3N5O2. The fraction of sp³-hybridized carbons (Fsp3) is 0.182. The standard InChI is InChI=1S/C22H18F3N5O2/c1-12-9-13(2)30(29-12)15-8-7-14(18(10-15)22(23,24)25)11-26-21(32)19-16-5-3-4-6-17(16)20(31)28-27-19/h3-10H,11H2,1-2H3,(H,26,32)(H,28,31). The number of aromatic amines is 1. The van der Waals surface area contributed by atoms with Crippen LogP contribution in [0.5, 0.6) is 0 Å². The minimum Gasteiger partial charge on any atom is -0.347 e. The van der Waals surface area contributed by atoms with Gasteiger partial charge in [0.05, 0.1) is 22.3 Å².